The van der Waals surface area contributed by atoms with Gasteiger partial charge in [0.15, 0.2) is 0 Å². The lowest BCUT2D eigenvalue weighted by atomic mass is 10.0. The van der Waals surface area contributed by atoms with Crippen LogP contribution in [0.2, 0.25) is 0 Å². The highest BCUT2D eigenvalue weighted by Gasteiger charge is 2.11. The van der Waals surface area contributed by atoms with Gasteiger partial charge in [-0.25, -0.2) is 4.79 Å². The van der Waals surface area contributed by atoms with E-state index in [1.807, 2.05) is 67.6 Å². The van der Waals surface area contributed by atoms with Crippen LogP contribution in [0.4, 0.5) is 10.5 Å². The van der Waals surface area contributed by atoms with Crippen molar-refractivity contribution in [1.82, 2.24) is 10.3 Å². The van der Waals surface area contributed by atoms with E-state index in [9.17, 15) is 4.79 Å². The summed E-state index contributed by atoms with van der Waals surface area (Å²) in [6, 6.07) is 18.8. The Morgan fingerprint density at radius 3 is 2.69 bits per heavy atom. The average molecular weight is 347 g/mol. The number of pyridine rings is 1. The molecule has 3 aromatic rings. The van der Waals surface area contributed by atoms with Crippen LogP contribution in [-0.4, -0.2) is 18.1 Å². The zero-order valence-corrected chi connectivity index (χ0v) is 14.8. The molecule has 0 aliphatic rings. The van der Waals surface area contributed by atoms with Gasteiger partial charge in [-0.15, -0.1) is 0 Å². The first-order valence-electron chi connectivity index (χ1n) is 8.38. The van der Waals surface area contributed by atoms with Crippen molar-refractivity contribution in [2.24, 2.45) is 0 Å². The maximum atomic E-state index is 12.3. The minimum absolute atomic E-state index is 0.138. The molecule has 132 valence electrons. The fourth-order valence-electron chi connectivity index (χ4n) is 2.73. The van der Waals surface area contributed by atoms with Crippen LogP contribution in [0.5, 0.6) is 5.75 Å². The molecule has 1 aromatic heterocycles. The molecule has 0 unspecified atom stereocenters. The highest BCUT2D eigenvalue weighted by atomic mass is 16.5. The molecule has 0 saturated heterocycles. The van der Waals surface area contributed by atoms with Crippen LogP contribution in [0.1, 0.15) is 18.5 Å². The Labute approximate surface area is 153 Å². The number of nitrogens with zero attached hydrogens (tertiary/aromatic N) is 1. The number of carbonyl (C=O) groups is 1. The number of carbonyl (C=O) groups excluding carboxylic acids is 1. The summed E-state index contributed by atoms with van der Waals surface area (Å²) >= 11 is 0. The number of hydrogen-bond acceptors (Lipinski definition) is 3. The minimum Gasteiger partial charge on any atom is -0.496 e. The first-order chi connectivity index (χ1) is 12.7. The summed E-state index contributed by atoms with van der Waals surface area (Å²) in [5.41, 5.74) is 3.61. The third-order valence-electron chi connectivity index (χ3n) is 4.07. The molecule has 2 aromatic carbocycles. The third kappa shape index (κ3) is 4.19. The van der Waals surface area contributed by atoms with Gasteiger partial charge in [0.2, 0.25) is 0 Å². The second kappa shape index (κ2) is 8.16. The quantitative estimate of drug-likeness (QED) is 0.707. The second-order valence-electron chi connectivity index (χ2n) is 5.89. The molecule has 26 heavy (non-hydrogen) atoms. The summed E-state index contributed by atoms with van der Waals surface area (Å²) in [4.78, 5) is 16.4. The lowest BCUT2D eigenvalue weighted by Crippen LogP contribution is -2.31. The number of nitrogens with one attached hydrogen (secondary N) is 2. The number of methoxy groups -OCH3 is 1. The summed E-state index contributed by atoms with van der Waals surface area (Å²) in [5, 5.41) is 5.79. The number of rotatable bonds is 5. The molecule has 5 nitrogen and oxygen atoms in total. The van der Waals surface area contributed by atoms with E-state index < -0.39 is 0 Å². The van der Waals surface area contributed by atoms with Crippen molar-refractivity contribution in [3.05, 3.63) is 78.6 Å². The number of benzene rings is 2. The lowest BCUT2D eigenvalue weighted by Gasteiger charge is -2.15. The summed E-state index contributed by atoms with van der Waals surface area (Å²) in [7, 11) is 1.65. The number of anilines is 1. The molecule has 0 bridgehead atoms. The van der Waals surface area contributed by atoms with Crippen LogP contribution < -0.4 is 15.4 Å². The number of amides is 2. The van der Waals surface area contributed by atoms with Crippen molar-refractivity contribution in [2.45, 2.75) is 13.0 Å². The van der Waals surface area contributed by atoms with Crippen LogP contribution in [0, 0.1) is 0 Å². The Balaban J connectivity index is 1.71. The van der Waals surface area contributed by atoms with E-state index in [1.165, 1.54) is 0 Å². The summed E-state index contributed by atoms with van der Waals surface area (Å²) in [6.07, 6.45) is 3.45. The van der Waals surface area contributed by atoms with E-state index in [1.54, 1.807) is 19.5 Å². The van der Waals surface area contributed by atoms with Gasteiger partial charge in [0.25, 0.3) is 0 Å². The van der Waals surface area contributed by atoms with Gasteiger partial charge in [-0.2, -0.15) is 0 Å². The van der Waals surface area contributed by atoms with Crippen LogP contribution in [0.15, 0.2) is 73.1 Å². The van der Waals surface area contributed by atoms with E-state index >= 15 is 0 Å². The van der Waals surface area contributed by atoms with E-state index in [2.05, 4.69) is 15.6 Å². The normalized spacial score (nSPS) is 11.5. The van der Waals surface area contributed by atoms with Crippen molar-refractivity contribution in [2.75, 3.05) is 12.4 Å². The molecule has 0 fully saturated rings. The summed E-state index contributed by atoms with van der Waals surface area (Å²) in [5.74, 6) is 0.791. The molecule has 0 spiro atoms. The minimum atomic E-state index is -0.265. The molecule has 0 radical (unpaired) electrons. The van der Waals surface area contributed by atoms with Crippen molar-refractivity contribution in [3.63, 3.8) is 0 Å². The van der Waals surface area contributed by atoms with Gasteiger partial charge in [-0.05, 0) is 42.3 Å². The summed E-state index contributed by atoms with van der Waals surface area (Å²) in [6.45, 7) is 1.92. The molecule has 3 rings (SSSR count). The van der Waals surface area contributed by atoms with Crippen molar-refractivity contribution in [1.29, 1.82) is 0 Å². The zero-order chi connectivity index (χ0) is 18.4. The molecule has 1 heterocycles. The Bertz CT molecular complexity index is 881. The standard InChI is InChI=1S/C21H21N3O2/c1-15(17-8-6-12-22-14-17)23-21(25)24-18-9-5-7-16(13-18)19-10-3-4-11-20(19)26-2/h3-15H,1-2H3,(H2,23,24,25)/t15-/m1/s1. The van der Waals surface area contributed by atoms with Crippen molar-refractivity contribution < 1.29 is 9.53 Å². The van der Waals surface area contributed by atoms with Gasteiger partial charge < -0.3 is 15.4 Å². The topological polar surface area (TPSA) is 63.2 Å². The largest absolute Gasteiger partial charge is 0.496 e. The zero-order valence-electron chi connectivity index (χ0n) is 14.8. The second-order valence-corrected chi connectivity index (χ2v) is 5.89. The molecule has 5 heteroatoms. The fraction of sp³-hybridized carbons (Fsp3) is 0.143. The number of hydrogen-bond donors (Lipinski definition) is 2. The van der Waals surface area contributed by atoms with Crippen LogP contribution in [-0.2, 0) is 0 Å². The van der Waals surface area contributed by atoms with Gasteiger partial charge >= 0.3 is 6.03 Å². The summed E-state index contributed by atoms with van der Waals surface area (Å²) < 4.78 is 5.42. The molecule has 0 aliphatic heterocycles. The van der Waals surface area contributed by atoms with Gasteiger partial charge in [-0.3, -0.25) is 4.98 Å². The van der Waals surface area contributed by atoms with E-state index in [0.717, 1.165) is 22.4 Å². The maximum absolute atomic E-state index is 12.3. The Hall–Kier alpha value is -3.34. The number of para-hydroxylation sites is 1. The van der Waals surface area contributed by atoms with Gasteiger partial charge in [0.1, 0.15) is 5.75 Å². The van der Waals surface area contributed by atoms with Crippen LogP contribution >= 0.6 is 0 Å². The Kier molecular flexibility index (Phi) is 5.49. The number of aromatic nitrogens is 1. The Morgan fingerprint density at radius 1 is 1.08 bits per heavy atom. The van der Waals surface area contributed by atoms with E-state index in [0.29, 0.717) is 5.69 Å². The van der Waals surface area contributed by atoms with Gasteiger partial charge in [0, 0.05) is 23.6 Å². The first kappa shape index (κ1) is 17.5. The first-order valence-corrected chi connectivity index (χ1v) is 8.38. The third-order valence-corrected chi connectivity index (χ3v) is 4.07. The smallest absolute Gasteiger partial charge is 0.319 e. The van der Waals surface area contributed by atoms with Crippen LogP contribution in [0.25, 0.3) is 11.1 Å². The molecule has 2 amide bonds. The van der Waals surface area contributed by atoms with Crippen LogP contribution in [0.3, 0.4) is 0 Å². The lowest BCUT2D eigenvalue weighted by molar-refractivity contribution is 0.249. The predicted octanol–water partition coefficient (Wildman–Crippen LogP) is 4.64. The fourth-order valence-corrected chi connectivity index (χ4v) is 2.73. The predicted molar refractivity (Wildman–Crippen MR) is 103 cm³/mol. The van der Waals surface area contributed by atoms with E-state index in [4.69, 9.17) is 4.74 Å². The average Bonchev–Trinajstić information content (AvgIpc) is 2.68. The SMILES string of the molecule is COc1ccccc1-c1cccc(NC(=O)N[C@H](C)c2cccnc2)c1. The molecule has 1 atom stereocenters. The number of urea groups is 1. The highest BCUT2D eigenvalue weighted by Crippen LogP contribution is 2.30. The number of ether oxygens (including phenoxy) is 1. The van der Waals surface area contributed by atoms with Gasteiger partial charge in [-0.1, -0.05) is 36.4 Å². The molecular formula is C21H21N3O2. The molecule has 0 aliphatic carbocycles. The highest BCUT2D eigenvalue weighted by molar-refractivity contribution is 5.90. The molecular weight excluding hydrogens is 326 g/mol. The van der Waals surface area contributed by atoms with E-state index in [-0.39, 0.29) is 12.1 Å². The Morgan fingerprint density at radius 2 is 1.92 bits per heavy atom. The molecule has 2 N–H and O–H groups in total. The van der Waals surface area contributed by atoms with Crippen molar-refractivity contribution in [3.8, 4) is 16.9 Å². The maximum Gasteiger partial charge on any atom is 0.319 e. The van der Waals surface area contributed by atoms with Crippen molar-refractivity contribution >= 4 is 11.7 Å². The monoisotopic (exact) mass is 347 g/mol. The van der Waals surface area contributed by atoms with Gasteiger partial charge in [0.05, 0.1) is 13.2 Å². The molecule has 0 saturated carbocycles.